The van der Waals surface area contributed by atoms with E-state index in [1.807, 2.05) is 39.0 Å². The molecule has 0 aliphatic rings. The monoisotopic (exact) mass is 368 g/mol. The first-order valence-corrected chi connectivity index (χ1v) is 8.84. The second-order valence-corrected chi connectivity index (χ2v) is 5.59. The molecule has 0 radical (unpaired) electrons. The van der Waals surface area contributed by atoms with Gasteiger partial charge in [0.25, 0.3) is 0 Å². The molecule has 26 heavy (non-hydrogen) atoms. The van der Waals surface area contributed by atoms with Gasteiger partial charge in [0.1, 0.15) is 6.61 Å². The number of alkyl halides is 3. The number of benzene rings is 1. The van der Waals surface area contributed by atoms with Gasteiger partial charge in [0.05, 0.1) is 5.56 Å². The van der Waals surface area contributed by atoms with Crippen LogP contribution in [-0.4, -0.2) is 29.1 Å². The molecule has 3 nitrogen and oxygen atoms in total. The number of ether oxygens (including phenoxy) is 1. The van der Waals surface area contributed by atoms with E-state index in [4.69, 9.17) is 4.74 Å². The van der Waals surface area contributed by atoms with Gasteiger partial charge < -0.3 is 4.74 Å². The van der Waals surface area contributed by atoms with Crippen LogP contribution in [0.1, 0.15) is 38.8 Å². The van der Waals surface area contributed by atoms with Gasteiger partial charge in [-0.05, 0) is 25.1 Å². The molecule has 1 heterocycles. The normalized spacial score (nSPS) is 12.3. The number of pyridine rings is 1. The minimum absolute atomic E-state index is 0.110. The summed E-state index contributed by atoms with van der Waals surface area (Å²) in [6.07, 6.45) is -3.59. The summed E-state index contributed by atoms with van der Waals surface area (Å²) in [5, 5.41) is 0. The predicted octanol–water partition coefficient (Wildman–Crippen LogP) is 5.42. The summed E-state index contributed by atoms with van der Waals surface area (Å²) < 4.78 is 43.1. The molecule has 0 saturated carbocycles. The van der Waals surface area contributed by atoms with E-state index in [0.29, 0.717) is 6.61 Å². The fourth-order valence-corrected chi connectivity index (χ4v) is 2.34. The summed E-state index contributed by atoms with van der Waals surface area (Å²) in [7, 11) is 0. The fourth-order valence-electron chi connectivity index (χ4n) is 2.34. The van der Waals surface area contributed by atoms with Crippen molar-refractivity contribution in [2.24, 2.45) is 0 Å². The first-order chi connectivity index (χ1) is 12.4. The Hall–Kier alpha value is -2.08. The minimum atomic E-state index is -4.38. The molecule has 0 aliphatic heterocycles. The quantitative estimate of drug-likeness (QED) is 0.653. The number of rotatable bonds is 7. The lowest BCUT2D eigenvalue weighted by Gasteiger charge is -2.27. The van der Waals surface area contributed by atoms with Crippen LogP contribution in [0.5, 0.6) is 5.88 Å². The second-order valence-electron chi connectivity index (χ2n) is 5.59. The third-order valence-electron chi connectivity index (χ3n) is 3.79. The van der Waals surface area contributed by atoms with E-state index in [1.165, 1.54) is 11.6 Å². The van der Waals surface area contributed by atoms with E-state index in [9.17, 15) is 13.2 Å². The Kier molecular flexibility index (Phi) is 9.13. The molecule has 0 amide bonds. The van der Waals surface area contributed by atoms with Crippen molar-refractivity contribution in [3.63, 3.8) is 0 Å². The van der Waals surface area contributed by atoms with Gasteiger partial charge in [0.15, 0.2) is 0 Å². The van der Waals surface area contributed by atoms with Crippen LogP contribution < -0.4 is 4.74 Å². The van der Waals surface area contributed by atoms with Crippen LogP contribution in [0.3, 0.4) is 0 Å². The van der Waals surface area contributed by atoms with Crippen molar-refractivity contribution in [2.45, 2.75) is 46.5 Å². The van der Waals surface area contributed by atoms with Crippen LogP contribution in [0.4, 0.5) is 13.2 Å². The summed E-state index contributed by atoms with van der Waals surface area (Å²) in [5.41, 5.74) is 0.431. The standard InChI is InChI=1S/C18H21F3N2O.C2H6/c1-3-23(12-15-7-5-4-6-8-15)14(2)13-24-17-10-9-16(11-22-17)18(19,20)21;1-2/h4-11,14H,3,12-13H2,1-2H3;1-2H3. The Morgan fingerprint density at radius 2 is 1.73 bits per heavy atom. The third-order valence-corrected chi connectivity index (χ3v) is 3.79. The van der Waals surface area contributed by atoms with Gasteiger partial charge in [-0.25, -0.2) is 4.98 Å². The largest absolute Gasteiger partial charge is 0.476 e. The van der Waals surface area contributed by atoms with Crippen molar-refractivity contribution >= 4 is 0 Å². The molecular formula is C20H27F3N2O. The second kappa shape index (κ2) is 10.8. The van der Waals surface area contributed by atoms with Gasteiger partial charge in [-0.1, -0.05) is 51.1 Å². The number of hydrogen-bond donors (Lipinski definition) is 0. The Morgan fingerprint density at radius 1 is 1.08 bits per heavy atom. The van der Waals surface area contributed by atoms with Crippen molar-refractivity contribution in [1.82, 2.24) is 9.88 Å². The number of aromatic nitrogens is 1. The van der Waals surface area contributed by atoms with E-state index >= 15 is 0 Å². The van der Waals surface area contributed by atoms with E-state index in [1.54, 1.807) is 0 Å². The van der Waals surface area contributed by atoms with Gasteiger partial charge in [-0.15, -0.1) is 0 Å². The van der Waals surface area contributed by atoms with Crippen LogP contribution in [0, 0.1) is 0 Å². The average molecular weight is 368 g/mol. The van der Waals surface area contributed by atoms with Gasteiger partial charge >= 0.3 is 6.18 Å². The maximum Gasteiger partial charge on any atom is 0.417 e. The molecule has 144 valence electrons. The van der Waals surface area contributed by atoms with Gasteiger partial charge in [-0.3, -0.25) is 4.90 Å². The van der Waals surface area contributed by atoms with Crippen molar-refractivity contribution in [1.29, 1.82) is 0 Å². The summed E-state index contributed by atoms with van der Waals surface area (Å²) in [6.45, 7) is 10.1. The molecule has 0 aliphatic carbocycles. The van der Waals surface area contributed by atoms with E-state index in [-0.39, 0.29) is 11.9 Å². The Bertz CT molecular complexity index is 615. The predicted molar refractivity (Wildman–Crippen MR) is 98.1 cm³/mol. The Balaban J connectivity index is 0.00000163. The molecule has 1 unspecified atom stereocenters. The van der Waals surface area contributed by atoms with E-state index < -0.39 is 11.7 Å². The Morgan fingerprint density at radius 3 is 2.23 bits per heavy atom. The molecule has 2 rings (SSSR count). The van der Waals surface area contributed by atoms with Gasteiger partial charge in [0, 0.05) is 24.8 Å². The zero-order valence-corrected chi connectivity index (χ0v) is 15.8. The molecule has 1 atom stereocenters. The van der Waals surface area contributed by atoms with Crippen molar-refractivity contribution < 1.29 is 17.9 Å². The summed E-state index contributed by atoms with van der Waals surface area (Å²) >= 11 is 0. The van der Waals surface area contributed by atoms with Gasteiger partial charge in [0.2, 0.25) is 5.88 Å². The first-order valence-electron chi connectivity index (χ1n) is 8.84. The van der Waals surface area contributed by atoms with E-state index in [0.717, 1.165) is 25.4 Å². The molecule has 1 aromatic heterocycles. The molecule has 6 heteroatoms. The zero-order valence-electron chi connectivity index (χ0n) is 15.8. The van der Waals surface area contributed by atoms with E-state index in [2.05, 4.69) is 28.9 Å². The minimum Gasteiger partial charge on any atom is -0.476 e. The maximum atomic E-state index is 12.5. The SMILES string of the molecule is CC.CCN(Cc1ccccc1)C(C)COc1ccc(C(F)(F)F)cn1. The number of likely N-dealkylation sites (N-methyl/N-ethyl adjacent to an activating group) is 1. The first kappa shape index (κ1) is 22.0. The summed E-state index contributed by atoms with van der Waals surface area (Å²) in [5.74, 6) is 0.200. The molecular weight excluding hydrogens is 341 g/mol. The topological polar surface area (TPSA) is 25.4 Å². The lowest BCUT2D eigenvalue weighted by atomic mass is 10.2. The molecule has 0 saturated heterocycles. The van der Waals surface area contributed by atoms with Crippen molar-refractivity contribution in [3.05, 3.63) is 59.8 Å². The zero-order chi connectivity index (χ0) is 19.6. The highest BCUT2D eigenvalue weighted by Crippen LogP contribution is 2.29. The third kappa shape index (κ3) is 7.04. The van der Waals surface area contributed by atoms with Crippen LogP contribution >= 0.6 is 0 Å². The molecule has 2 aromatic rings. The molecule has 1 aromatic carbocycles. The Labute approximate surface area is 153 Å². The lowest BCUT2D eigenvalue weighted by Crippen LogP contribution is -2.36. The molecule has 0 spiro atoms. The number of nitrogens with zero attached hydrogens (tertiary/aromatic N) is 2. The number of hydrogen-bond acceptors (Lipinski definition) is 3. The molecule has 0 bridgehead atoms. The smallest absolute Gasteiger partial charge is 0.417 e. The molecule has 0 N–H and O–H groups in total. The summed E-state index contributed by atoms with van der Waals surface area (Å²) in [4.78, 5) is 5.96. The van der Waals surface area contributed by atoms with Crippen LogP contribution in [0.2, 0.25) is 0 Å². The van der Waals surface area contributed by atoms with Crippen molar-refractivity contribution in [2.75, 3.05) is 13.2 Å². The number of halogens is 3. The fraction of sp³-hybridized carbons (Fsp3) is 0.450. The highest BCUT2D eigenvalue weighted by atomic mass is 19.4. The summed E-state index contributed by atoms with van der Waals surface area (Å²) in [6, 6.07) is 12.4. The lowest BCUT2D eigenvalue weighted by molar-refractivity contribution is -0.137. The highest BCUT2D eigenvalue weighted by molar-refractivity contribution is 5.20. The molecule has 0 fully saturated rings. The van der Waals surface area contributed by atoms with Gasteiger partial charge in [-0.2, -0.15) is 13.2 Å². The van der Waals surface area contributed by atoms with Crippen LogP contribution in [-0.2, 0) is 12.7 Å². The average Bonchev–Trinajstić information content (AvgIpc) is 2.66. The van der Waals surface area contributed by atoms with Crippen LogP contribution in [0.25, 0.3) is 0 Å². The highest BCUT2D eigenvalue weighted by Gasteiger charge is 2.30. The maximum absolute atomic E-state index is 12.5. The van der Waals surface area contributed by atoms with Crippen molar-refractivity contribution in [3.8, 4) is 5.88 Å². The van der Waals surface area contributed by atoms with Crippen LogP contribution in [0.15, 0.2) is 48.7 Å².